The fourth-order valence-corrected chi connectivity index (χ4v) is 2.68. The van der Waals surface area contributed by atoms with Crippen molar-refractivity contribution in [2.75, 3.05) is 13.1 Å². The molecule has 0 spiro atoms. The first-order valence-corrected chi connectivity index (χ1v) is 5.14. The van der Waals surface area contributed by atoms with Gasteiger partial charge in [0.05, 0.1) is 0 Å². The smallest absolute Gasteiger partial charge is 0.00983 e. The number of nitrogens with zero attached hydrogens (tertiary/aromatic N) is 1. The second-order valence-electron chi connectivity index (χ2n) is 4.13. The van der Waals surface area contributed by atoms with Crippen LogP contribution in [0.1, 0.15) is 39.0 Å². The maximum atomic E-state index is 2.70. The molecular formula is C10H19N. The van der Waals surface area contributed by atoms with Crippen molar-refractivity contribution >= 4 is 0 Å². The number of piperidine rings is 1. The Morgan fingerprint density at radius 1 is 1.27 bits per heavy atom. The lowest BCUT2D eigenvalue weighted by molar-refractivity contribution is 0.150. The summed E-state index contributed by atoms with van der Waals surface area (Å²) >= 11 is 0. The van der Waals surface area contributed by atoms with Crippen LogP contribution in [0.25, 0.3) is 0 Å². The molecular weight excluding hydrogens is 134 g/mol. The van der Waals surface area contributed by atoms with Gasteiger partial charge < -0.3 is 4.90 Å². The van der Waals surface area contributed by atoms with Crippen molar-refractivity contribution in [3.05, 3.63) is 0 Å². The molecule has 0 radical (unpaired) electrons. The van der Waals surface area contributed by atoms with Gasteiger partial charge >= 0.3 is 0 Å². The van der Waals surface area contributed by atoms with Crippen molar-refractivity contribution in [3.8, 4) is 0 Å². The van der Waals surface area contributed by atoms with Gasteiger partial charge in [-0.05, 0) is 44.7 Å². The molecule has 2 aliphatic rings. The maximum absolute atomic E-state index is 2.70. The third kappa shape index (κ3) is 1.44. The number of rotatable bonds is 1. The lowest BCUT2D eigenvalue weighted by Crippen LogP contribution is -2.37. The van der Waals surface area contributed by atoms with Crippen LogP contribution in [0.4, 0.5) is 0 Å². The zero-order chi connectivity index (χ0) is 7.68. The Bertz CT molecular complexity index is 133. The molecule has 2 atom stereocenters. The Balaban J connectivity index is 1.91. The molecule has 0 saturated carbocycles. The molecule has 1 nitrogen and oxygen atoms in total. The number of hydrogen-bond acceptors (Lipinski definition) is 1. The second-order valence-corrected chi connectivity index (χ2v) is 4.13. The Morgan fingerprint density at radius 2 is 2.18 bits per heavy atom. The van der Waals surface area contributed by atoms with Gasteiger partial charge in [0.25, 0.3) is 0 Å². The van der Waals surface area contributed by atoms with Crippen LogP contribution in [0.5, 0.6) is 0 Å². The van der Waals surface area contributed by atoms with Crippen LogP contribution in [0.2, 0.25) is 0 Å². The van der Waals surface area contributed by atoms with Crippen LogP contribution < -0.4 is 0 Å². The molecule has 11 heavy (non-hydrogen) atoms. The van der Waals surface area contributed by atoms with E-state index < -0.39 is 0 Å². The van der Waals surface area contributed by atoms with Gasteiger partial charge in [0.2, 0.25) is 0 Å². The molecule has 64 valence electrons. The van der Waals surface area contributed by atoms with Crippen LogP contribution in [0.3, 0.4) is 0 Å². The highest BCUT2D eigenvalue weighted by Gasteiger charge is 2.30. The van der Waals surface area contributed by atoms with Crippen LogP contribution >= 0.6 is 0 Å². The zero-order valence-corrected chi connectivity index (χ0v) is 7.55. The van der Waals surface area contributed by atoms with Crippen LogP contribution in [0.15, 0.2) is 0 Å². The molecule has 0 aromatic heterocycles. The fourth-order valence-electron chi connectivity index (χ4n) is 2.68. The molecule has 0 aromatic carbocycles. The lowest BCUT2D eigenvalue weighted by Gasteiger charge is -2.34. The highest BCUT2D eigenvalue weighted by Crippen LogP contribution is 2.31. The van der Waals surface area contributed by atoms with Crippen molar-refractivity contribution in [1.29, 1.82) is 0 Å². The van der Waals surface area contributed by atoms with E-state index in [-0.39, 0.29) is 0 Å². The summed E-state index contributed by atoms with van der Waals surface area (Å²) in [7, 11) is 0. The molecule has 0 aromatic rings. The molecule has 0 N–H and O–H groups in total. The number of fused-ring (bicyclic) bond motifs is 1. The molecule has 2 heterocycles. The summed E-state index contributed by atoms with van der Waals surface area (Å²) in [6, 6.07) is 0.980. The molecule has 0 amide bonds. The van der Waals surface area contributed by atoms with Gasteiger partial charge in [-0.3, -0.25) is 0 Å². The minimum Gasteiger partial charge on any atom is -0.300 e. The zero-order valence-electron chi connectivity index (χ0n) is 7.55. The molecule has 1 heteroatoms. The van der Waals surface area contributed by atoms with E-state index in [2.05, 4.69) is 11.8 Å². The van der Waals surface area contributed by atoms with E-state index >= 15 is 0 Å². The summed E-state index contributed by atoms with van der Waals surface area (Å²) < 4.78 is 0. The quantitative estimate of drug-likeness (QED) is 0.558. The summed E-state index contributed by atoms with van der Waals surface area (Å²) in [5.74, 6) is 1.05. The normalized spacial score (nSPS) is 39.0. The van der Waals surface area contributed by atoms with E-state index in [0.29, 0.717) is 0 Å². The Morgan fingerprint density at radius 3 is 3.00 bits per heavy atom. The van der Waals surface area contributed by atoms with Crippen molar-refractivity contribution in [2.24, 2.45) is 5.92 Å². The van der Waals surface area contributed by atoms with Crippen LogP contribution in [0, 0.1) is 5.92 Å². The minimum absolute atomic E-state index is 0.980. The van der Waals surface area contributed by atoms with Gasteiger partial charge in [-0.2, -0.15) is 0 Å². The largest absolute Gasteiger partial charge is 0.300 e. The average Bonchev–Trinajstić information content (AvgIpc) is 2.50. The minimum atomic E-state index is 0.980. The van der Waals surface area contributed by atoms with Gasteiger partial charge in [0, 0.05) is 6.04 Å². The van der Waals surface area contributed by atoms with E-state index in [1.807, 2.05) is 0 Å². The van der Waals surface area contributed by atoms with Gasteiger partial charge in [-0.15, -0.1) is 0 Å². The molecule has 2 aliphatic heterocycles. The van der Waals surface area contributed by atoms with Crippen molar-refractivity contribution in [1.82, 2.24) is 4.90 Å². The SMILES string of the molecule is CCC1CCN2CCCC2C1. The first-order valence-electron chi connectivity index (χ1n) is 5.14. The maximum Gasteiger partial charge on any atom is 0.00983 e. The fraction of sp³-hybridized carbons (Fsp3) is 1.00. The third-order valence-corrected chi connectivity index (χ3v) is 3.51. The lowest BCUT2D eigenvalue weighted by atomic mass is 9.89. The number of hydrogen-bond donors (Lipinski definition) is 0. The third-order valence-electron chi connectivity index (χ3n) is 3.51. The Kier molecular flexibility index (Phi) is 2.17. The monoisotopic (exact) mass is 153 g/mol. The second kappa shape index (κ2) is 3.14. The van der Waals surface area contributed by atoms with Crippen LogP contribution in [-0.4, -0.2) is 24.0 Å². The average molecular weight is 153 g/mol. The molecule has 2 rings (SSSR count). The molecule has 0 aliphatic carbocycles. The predicted molar refractivity (Wildman–Crippen MR) is 47.6 cm³/mol. The van der Waals surface area contributed by atoms with Gasteiger partial charge in [0.1, 0.15) is 0 Å². The summed E-state index contributed by atoms with van der Waals surface area (Å²) in [6.45, 7) is 5.12. The van der Waals surface area contributed by atoms with Crippen molar-refractivity contribution < 1.29 is 0 Å². The molecule has 2 saturated heterocycles. The predicted octanol–water partition coefficient (Wildman–Crippen LogP) is 2.27. The standard InChI is InChI=1S/C10H19N/c1-2-9-5-7-11-6-3-4-10(11)8-9/h9-10H,2-8H2,1H3. The summed E-state index contributed by atoms with van der Waals surface area (Å²) in [5.41, 5.74) is 0. The van der Waals surface area contributed by atoms with Gasteiger partial charge in [0.15, 0.2) is 0 Å². The summed E-state index contributed by atoms with van der Waals surface area (Å²) in [4.78, 5) is 2.70. The Hall–Kier alpha value is -0.0400. The highest BCUT2D eigenvalue weighted by atomic mass is 15.2. The molecule has 2 fully saturated rings. The molecule has 2 unspecified atom stereocenters. The van der Waals surface area contributed by atoms with E-state index in [9.17, 15) is 0 Å². The topological polar surface area (TPSA) is 3.24 Å². The van der Waals surface area contributed by atoms with E-state index in [0.717, 1.165) is 12.0 Å². The first-order chi connectivity index (χ1) is 5.40. The van der Waals surface area contributed by atoms with Crippen molar-refractivity contribution in [3.63, 3.8) is 0 Å². The van der Waals surface area contributed by atoms with Gasteiger partial charge in [-0.25, -0.2) is 0 Å². The van der Waals surface area contributed by atoms with Gasteiger partial charge in [-0.1, -0.05) is 13.3 Å². The van der Waals surface area contributed by atoms with Crippen LogP contribution in [-0.2, 0) is 0 Å². The summed E-state index contributed by atoms with van der Waals surface area (Å²) in [6.07, 6.45) is 7.31. The first kappa shape index (κ1) is 7.60. The van der Waals surface area contributed by atoms with E-state index in [1.54, 1.807) is 0 Å². The highest BCUT2D eigenvalue weighted by molar-refractivity contribution is 4.85. The van der Waals surface area contributed by atoms with E-state index in [4.69, 9.17) is 0 Å². The van der Waals surface area contributed by atoms with E-state index in [1.165, 1.54) is 45.2 Å². The van der Waals surface area contributed by atoms with Crippen molar-refractivity contribution in [2.45, 2.75) is 45.1 Å². The Labute approximate surface area is 69.8 Å². The molecule has 0 bridgehead atoms. The summed E-state index contributed by atoms with van der Waals surface area (Å²) in [5, 5.41) is 0.